The Hall–Kier alpha value is -0.120. The zero-order valence-corrected chi connectivity index (χ0v) is 14.0. The molecule has 0 aromatic carbocycles. The van der Waals surface area contributed by atoms with Crippen LogP contribution in [-0.2, 0) is 0 Å². The molecule has 0 aromatic rings. The molecule has 1 unspecified atom stereocenters. The standard InChI is InChI=1S/C17H32O3/c1-13(2,18)12-7-8-16(5,19)14(3)9-10-17(6,20)15(14,4)11-12/h12,18-20H,7-11H2,1-6H3/t12?,14-,15-,16-,17-/m0/s1. The first-order valence-corrected chi connectivity index (χ1v) is 7.94. The Bertz CT molecular complexity index is 394. The van der Waals surface area contributed by atoms with Gasteiger partial charge in [-0.15, -0.1) is 0 Å². The van der Waals surface area contributed by atoms with E-state index in [1.165, 1.54) is 0 Å². The Kier molecular flexibility index (Phi) is 3.42. The Morgan fingerprint density at radius 3 is 1.85 bits per heavy atom. The highest BCUT2D eigenvalue weighted by molar-refractivity contribution is 5.17. The molecule has 20 heavy (non-hydrogen) atoms. The summed E-state index contributed by atoms with van der Waals surface area (Å²) < 4.78 is 0. The van der Waals surface area contributed by atoms with E-state index in [1.54, 1.807) is 0 Å². The third-order valence-electron chi connectivity index (χ3n) is 7.34. The lowest BCUT2D eigenvalue weighted by atomic mass is 9.54. The van der Waals surface area contributed by atoms with Gasteiger partial charge in [0.1, 0.15) is 0 Å². The third-order valence-corrected chi connectivity index (χ3v) is 7.34. The molecular weight excluding hydrogens is 252 g/mol. The smallest absolute Gasteiger partial charge is 0.0679 e. The predicted molar refractivity (Wildman–Crippen MR) is 80.3 cm³/mol. The van der Waals surface area contributed by atoms with E-state index in [4.69, 9.17) is 0 Å². The summed E-state index contributed by atoms with van der Waals surface area (Å²) in [6, 6.07) is 0. The van der Waals surface area contributed by atoms with Crippen molar-refractivity contribution in [2.45, 2.75) is 90.4 Å². The zero-order valence-electron chi connectivity index (χ0n) is 14.0. The first-order chi connectivity index (χ1) is 8.77. The molecule has 3 nitrogen and oxygen atoms in total. The van der Waals surface area contributed by atoms with E-state index in [-0.39, 0.29) is 16.7 Å². The van der Waals surface area contributed by atoms with Crippen molar-refractivity contribution in [2.75, 3.05) is 0 Å². The average Bonchev–Trinajstić information content (AvgIpc) is 2.39. The van der Waals surface area contributed by atoms with Gasteiger partial charge in [0.2, 0.25) is 0 Å². The summed E-state index contributed by atoms with van der Waals surface area (Å²) in [6.07, 6.45) is 3.80. The molecule has 2 saturated carbocycles. The Labute approximate surface area is 123 Å². The van der Waals surface area contributed by atoms with Crippen LogP contribution in [0, 0.1) is 16.7 Å². The predicted octanol–water partition coefficient (Wildman–Crippen LogP) is 2.87. The van der Waals surface area contributed by atoms with Gasteiger partial charge in [-0.2, -0.15) is 0 Å². The molecule has 118 valence electrons. The highest BCUT2D eigenvalue weighted by atomic mass is 16.3. The van der Waals surface area contributed by atoms with Gasteiger partial charge in [0.25, 0.3) is 0 Å². The highest BCUT2D eigenvalue weighted by Crippen LogP contribution is 2.67. The number of fused-ring (bicyclic) bond motifs is 1. The van der Waals surface area contributed by atoms with E-state index < -0.39 is 16.8 Å². The molecule has 0 aromatic heterocycles. The molecule has 0 amide bonds. The molecule has 0 aliphatic heterocycles. The van der Waals surface area contributed by atoms with Gasteiger partial charge in [-0.05, 0) is 65.7 Å². The summed E-state index contributed by atoms with van der Waals surface area (Å²) in [4.78, 5) is 0. The molecule has 0 saturated heterocycles. The van der Waals surface area contributed by atoms with E-state index in [0.717, 1.165) is 19.3 Å². The van der Waals surface area contributed by atoms with Crippen LogP contribution in [0.3, 0.4) is 0 Å². The maximum atomic E-state index is 11.1. The van der Waals surface area contributed by atoms with Gasteiger partial charge in [-0.25, -0.2) is 0 Å². The fourth-order valence-electron chi connectivity index (χ4n) is 4.88. The fraction of sp³-hybridized carbons (Fsp3) is 1.00. The van der Waals surface area contributed by atoms with Crippen molar-refractivity contribution in [1.29, 1.82) is 0 Å². The summed E-state index contributed by atoms with van der Waals surface area (Å²) in [5.41, 5.74) is -3.07. The number of aliphatic hydroxyl groups is 3. The van der Waals surface area contributed by atoms with Crippen molar-refractivity contribution in [3.05, 3.63) is 0 Å². The van der Waals surface area contributed by atoms with Crippen LogP contribution in [0.25, 0.3) is 0 Å². The largest absolute Gasteiger partial charge is 0.390 e. The Morgan fingerprint density at radius 2 is 1.35 bits per heavy atom. The third kappa shape index (κ3) is 1.97. The lowest BCUT2D eigenvalue weighted by Gasteiger charge is -2.53. The Morgan fingerprint density at radius 1 is 0.850 bits per heavy atom. The van der Waals surface area contributed by atoms with Crippen molar-refractivity contribution in [3.8, 4) is 0 Å². The normalized spacial score (nSPS) is 53.5. The van der Waals surface area contributed by atoms with Gasteiger partial charge in [0.15, 0.2) is 0 Å². The number of hydrogen-bond acceptors (Lipinski definition) is 3. The molecule has 3 N–H and O–H groups in total. The number of rotatable bonds is 1. The molecule has 5 atom stereocenters. The van der Waals surface area contributed by atoms with E-state index in [1.807, 2.05) is 27.7 Å². The molecule has 0 spiro atoms. The first kappa shape index (κ1) is 16.3. The quantitative estimate of drug-likeness (QED) is 0.694. The van der Waals surface area contributed by atoms with E-state index in [0.29, 0.717) is 12.8 Å². The summed E-state index contributed by atoms with van der Waals surface area (Å²) in [7, 11) is 0. The van der Waals surface area contributed by atoms with E-state index in [2.05, 4.69) is 13.8 Å². The zero-order chi connectivity index (χ0) is 15.6. The second kappa shape index (κ2) is 4.21. The molecular formula is C17H32O3. The second-order valence-corrected chi connectivity index (χ2v) is 8.81. The monoisotopic (exact) mass is 284 g/mol. The van der Waals surface area contributed by atoms with Gasteiger partial charge in [0, 0.05) is 10.8 Å². The van der Waals surface area contributed by atoms with Gasteiger partial charge >= 0.3 is 0 Å². The minimum atomic E-state index is -0.803. The molecule has 2 aliphatic rings. The lowest BCUT2D eigenvalue weighted by Crippen LogP contribution is -2.56. The summed E-state index contributed by atoms with van der Waals surface area (Å²) >= 11 is 0. The van der Waals surface area contributed by atoms with Crippen LogP contribution in [0.2, 0.25) is 0 Å². The van der Waals surface area contributed by atoms with Crippen LogP contribution >= 0.6 is 0 Å². The van der Waals surface area contributed by atoms with Crippen molar-refractivity contribution in [3.63, 3.8) is 0 Å². The maximum absolute atomic E-state index is 11.1. The van der Waals surface area contributed by atoms with Crippen LogP contribution < -0.4 is 0 Å². The summed E-state index contributed by atoms with van der Waals surface area (Å²) in [5, 5.41) is 32.5. The minimum absolute atomic E-state index is 0.102. The Balaban J connectivity index is 2.53. The number of hydrogen-bond donors (Lipinski definition) is 3. The summed E-state index contributed by atoms with van der Waals surface area (Å²) in [6.45, 7) is 11.8. The van der Waals surface area contributed by atoms with Gasteiger partial charge < -0.3 is 15.3 Å². The van der Waals surface area contributed by atoms with Gasteiger partial charge in [0.05, 0.1) is 16.8 Å². The lowest BCUT2D eigenvalue weighted by molar-refractivity contribution is -0.164. The maximum Gasteiger partial charge on any atom is 0.0679 e. The fourth-order valence-corrected chi connectivity index (χ4v) is 4.88. The highest BCUT2D eigenvalue weighted by Gasteiger charge is 2.68. The van der Waals surface area contributed by atoms with Crippen molar-refractivity contribution in [1.82, 2.24) is 0 Å². The molecule has 2 rings (SSSR count). The first-order valence-electron chi connectivity index (χ1n) is 7.94. The van der Waals surface area contributed by atoms with E-state index >= 15 is 0 Å². The molecule has 2 fully saturated rings. The molecule has 0 heterocycles. The summed E-state index contributed by atoms with van der Waals surface area (Å²) in [5.74, 6) is 0.102. The van der Waals surface area contributed by atoms with Crippen LogP contribution in [0.5, 0.6) is 0 Å². The average molecular weight is 284 g/mol. The van der Waals surface area contributed by atoms with Crippen LogP contribution in [0.15, 0.2) is 0 Å². The second-order valence-electron chi connectivity index (χ2n) is 8.81. The molecule has 3 heteroatoms. The van der Waals surface area contributed by atoms with Crippen molar-refractivity contribution in [2.24, 2.45) is 16.7 Å². The van der Waals surface area contributed by atoms with E-state index in [9.17, 15) is 15.3 Å². The van der Waals surface area contributed by atoms with Crippen LogP contribution in [0.1, 0.15) is 73.6 Å². The minimum Gasteiger partial charge on any atom is -0.390 e. The van der Waals surface area contributed by atoms with Crippen LogP contribution in [-0.4, -0.2) is 32.1 Å². The van der Waals surface area contributed by atoms with Crippen LogP contribution in [0.4, 0.5) is 0 Å². The topological polar surface area (TPSA) is 60.7 Å². The molecule has 0 radical (unpaired) electrons. The SMILES string of the molecule is CC(C)(O)C1CC[C@](C)(O)[C@@]2(C)CC[C@](C)(O)[C@@]2(C)C1. The van der Waals surface area contributed by atoms with Gasteiger partial charge in [-0.3, -0.25) is 0 Å². The molecule has 0 bridgehead atoms. The van der Waals surface area contributed by atoms with Gasteiger partial charge in [-0.1, -0.05) is 13.8 Å². The van der Waals surface area contributed by atoms with Crippen molar-refractivity contribution < 1.29 is 15.3 Å². The van der Waals surface area contributed by atoms with Crippen molar-refractivity contribution >= 4 is 0 Å². The molecule has 2 aliphatic carbocycles.